The number of rotatable bonds is 7. The summed E-state index contributed by atoms with van der Waals surface area (Å²) < 4.78 is 30.1. The first-order valence-electron chi connectivity index (χ1n) is 8.27. The van der Waals surface area contributed by atoms with Crippen LogP contribution in [0.25, 0.3) is 0 Å². The Morgan fingerprint density at radius 3 is 2.50 bits per heavy atom. The monoisotopic (exact) mass is 376 g/mol. The minimum absolute atomic E-state index is 0.229. The normalized spacial score (nSPS) is 11.1. The van der Waals surface area contributed by atoms with Crippen molar-refractivity contribution in [3.05, 3.63) is 59.2 Å². The van der Waals surface area contributed by atoms with Crippen molar-refractivity contribution >= 4 is 21.6 Å². The Balaban J connectivity index is 2.13. The fourth-order valence-electron chi connectivity index (χ4n) is 2.55. The lowest BCUT2D eigenvalue weighted by atomic mass is 10.1. The predicted octanol–water partition coefficient (Wildman–Crippen LogP) is 2.72. The smallest absolute Gasteiger partial charge is 0.251 e. The number of sulfonamides is 1. The van der Waals surface area contributed by atoms with Crippen LogP contribution in [0.5, 0.6) is 5.75 Å². The van der Waals surface area contributed by atoms with E-state index in [1.165, 1.54) is 11.4 Å². The van der Waals surface area contributed by atoms with Gasteiger partial charge in [-0.2, -0.15) is 0 Å². The van der Waals surface area contributed by atoms with Crippen molar-refractivity contribution in [2.45, 2.75) is 20.4 Å². The third kappa shape index (κ3) is 4.76. The number of hydrogen-bond acceptors (Lipinski definition) is 4. The van der Waals surface area contributed by atoms with Gasteiger partial charge in [-0.15, -0.1) is 0 Å². The molecule has 7 heteroatoms. The molecule has 0 aliphatic carbocycles. The first-order valence-corrected chi connectivity index (χ1v) is 10.1. The van der Waals surface area contributed by atoms with Gasteiger partial charge in [-0.25, -0.2) is 8.42 Å². The Kier molecular flexibility index (Phi) is 6.26. The van der Waals surface area contributed by atoms with Crippen molar-refractivity contribution in [3.8, 4) is 5.75 Å². The van der Waals surface area contributed by atoms with Crippen molar-refractivity contribution in [3.63, 3.8) is 0 Å². The number of carbonyl (C=O) groups is 1. The van der Waals surface area contributed by atoms with Crippen LogP contribution in [0, 0.1) is 6.92 Å². The summed E-state index contributed by atoms with van der Waals surface area (Å²) in [7, 11) is -1.86. The molecule has 0 unspecified atom stereocenters. The molecule has 0 radical (unpaired) electrons. The van der Waals surface area contributed by atoms with E-state index in [-0.39, 0.29) is 5.91 Å². The van der Waals surface area contributed by atoms with Crippen LogP contribution >= 0.6 is 0 Å². The molecule has 2 aromatic carbocycles. The highest BCUT2D eigenvalue weighted by atomic mass is 32.2. The maximum absolute atomic E-state index is 12.4. The Hall–Kier alpha value is -2.54. The molecule has 0 saturated carbocycles. The number of para-hydroxylation sites is 1. The molecular weight excluding hydrogens is 352 g/mol. The van der Waals surface area contributed by atoms with Crippen molar-refractivity contribution in [2.24, 2.45) is 0 Å². The van der Waals surface area contributed by atoms with Gasteiger partial charge < -0.3 is 10.1 Å². The SMILES string of the molecule is CCOc1ccccc1CNC(=O)c1ccc(N(C)S(C)(=O)=O)c(C)c1. The van der Waals surface area contributed by atoms with Gasteiger partial charge in [0.25, 0.3) is 5.91 Å². The van der Waals surface area contributed by atoms with Crippen LogP contribution < -0.4 is 14.4 Å². The van der Waals surface area contributed by atoms with Crippen LogP contribution in [0.3, 0.4) is 0 Å². The number of carbonyl (C=O) groups excluding carboxylic acids is 1. The van der Waals surface area contributed by atoms with Crippen LogP contribution in [0.2, 0.25) is 0 Å². The molecule has 0 fully saturated rings. The number of nitrogens with zero attached hydrogens (tertiary/aromatic N) is 1. The number of anilines is 1. The van der Waals surface area contributed by atoms with Gasteiger partial charge in [-0.05, 0) is 43.7 Å². The molecule has 26 heavy (non-hydrogen) atoms. The zero-order chi connectivity index (χ0) is 19.3. The molecule has 2 aromatic rings. The summed E-state index contributed by atoms with van der Waals surface area (Å²) in [4.78, 5) is 12.4. The number of benzene rings is 2. The topological polar surface area (TPSA) is 75.7 Å². The summed E-state index contributed by atoms with van der Waals surface area (Å²) in [6, 6.07) is 12.5. The number of ether oxygens (including phenoxy) is 1. The molecule has 0 atom stereocenters. The van der Waals surface area contributed by atoms with Crippen molar-refractivity contribution < 1.29 is 17.9 Å². The van der Waals surface area contributed by atoms with Crippen LogP contribution in [0.1, 0.15) is 28.4 Å². The molecule has 0 aliphatic heterocycles. The van der Waals surface area contributed by atoms with Gasteiger partial charge in [0.05, 0.1) is 18.6 Å². The molecule has 140 valence electrons. The summed E-state index contributed by atoms with van der Waals surface area (Å²) in [6.07, 6.45) is 1.14. The van der Waals surface area contributed by atoms with E-state index in [0.29, 0.717) is 30.0 Å². The fraction of sp³-hybridized carbons (Fsp3) is 0.316. The molecule has 0 aliphatic rings. The Morgan fingerprint density at radius 1 is 1.19 bits per heavy atom. The maximum Gasteiger partial charge on any atom is 0.251 e. The molecule has 0 bridgehead atoms. The quantitative estimate of drug-likeness (QED) is 0.806. The van der Waals surface area contributed by atoms with Crippen molar-refractivity contribution in [2.75, 3.05) is 24.2 Å². The van der Waals surface area contributed by atoms with Gasteiger partial charge in [0.15, 0.2) is 0 Å². The third-order valence-corrected chi connectivity index (χ3v) is 5.20. The number of nitrogens with one attached hydrogen (secondary N) is 1. The average molecular weight is 376 g/mol. The van der Waals surface area contributed by atoms with E-state index in [4.69, 9.17) is 4.74 Å². The molecule has 2 rings (SSSR count). The Labute approximate surface area is 154 Å². The summed E-state index contributed by atoms with van der Waals surface area (Å²) >= 11 is 0. The zero-order valence-corrected chi connectivity index (χ0v) is 16.3. The molecule has 0 saturated heterocycles. The zero-order valence-electron chi connectivity index (χ0n) is 15.4. The molecule has 1 N–H and O–H groups in total. The van der Waals surface area contributed by atoms with Gasteiger partial charge in [0, 0.05) is 24.7 Å². The van der Waals surface area contributed by atoms with Gasteiger partial charge >= 0.3 is 0 Å². The van der Waals surface area contributed by atoms with Gasteiger partial charge in [0.1, 0.15) is 5.75 Å². The van der Waals surface area contributed by atoms with E-state index in [9.17, 15) is 13.2 Å². The predicted molar refractivity (Wildman–Crippen MR) is 103 cm³/mol. The molecule has 1 amide bonds. The van der Waals surface area contributed by atoms with E-state index in [1.807, 2.05) is 31.2 Å². The largest absolute Gasteiger partial charge is 0.494 e. The second-order valence-electron chi connectivity index (χ2n) is 5.96. The lowest BCUT2D eigenvalue weighted by Crippen LogP contribution is -2.26. The number of aryl methyl sites for hydroxylation is 1. The van der Waals surface area contributed by atoms with E-state index < -0.39 is 10.0 Å². The number of amides is 1. The Bertz CT molecular complexity index is 894. The minimum atomic E-state index is -3.35. The third-order valence-electron chi connectivity index (χ3n) is 4.01. The van der Waals surface area contributed by atoms with E-state index in [2.05, 4.69) is 5.32 Å². The summed E-state index contributed by atoms with van der Waals surface area (Å²) in [6.45, 7) is 4.59. The molecule has 6 nitrogen and oxygen atoms in total. The molecule has 0 aromatic heterocycles. The fourth-order valence-corrected chi connectivity index (χ4v) is 3.11. The van der Waals surface area contributed by atoms with Crippen molar-refractivity contribution in [1.82, 2.24) is 5.32 Å². The average Bonchev–Trinajstić information content (AvgIpc) is 2.59. The van der Waals surface area contributed by atoms with Crippen molar-refractivity contribution in [1.29, 1.82) is 0 Å². The lowest BCUT2D eigenvalue weighted by molar-refractivity contribution is 0.0950. The summed E-state index contributed by atoms with van der Waals surface area (Å²) in [5.74, 6) is 0.518. The Morgan fingerprint density at radius 2 is 1.88 bits per heavy atom. The maximum atomic E-state index is 12.4. The van der Waals surface area contributed by atoms with E-state index in [0.717, 1.165) is 17.6 Å². The number of hydrogen-bond donors (Lipinski definition) is 1. The van der Waals surface area contributed by atoms with E-state index in [1.54, 1.807) is 25.1 Å². The van der Waals surface area contributed by atoms with Crippen LogP contribution in [0.15, 0.2) is 42.5 Å². The second kappa shape index (κ2) is 8.23. The molecule has 0 heterocycles. The highest BCUT2D eigenvalue weighted by Crippen LogP contribution is 2.22. The van der Waals surface area contributed by atoms with Crippen LogP contribution in [-0.2, 0) is 16.6 Å². The van der Waals surface area contributed by atoms with Gasteiger partial charge in [0.2, 0.25) is 10.0 Å². The molecular formula is C19H24N2O4S. The second-order valence-corrected chi connectivity index (χ2v) is 7.97. The van der Waals surface area contributed by atoms with Crippen LogP contribution in [-0.4, -0.2) is 34.2 Å². The lowest BCUT2D eigenvalue weighted by Gasteiger charge is -2.19. The van der Waals surface area contributed by atoms with Gasteiger partial charge in [-0.3, -0.25) is 9.10 Å². The first-order chi connectivity index (χ1) is 12.2. The highest BCUT2D eigenvalue weighted by Gasteiger charge is 2.16. The summed E-state index contributed by atoms with van der Waals surface area (Å²) in [5, 5.41) is 2.87. The molecule has 0 spiro atoms. The van der Waals surface area contributed by atoms with E-state index >= 15 is 0 Å². The minimum Gasteiger partial charge on any atom is -0.494 e. The first kappa shape index (κ1) is 19.8. The standard InChI is InChI=1S/C19H24N2O4S/c1-5-25-18-9-7-6-8-16(18)13-20-19(22)15-10-11-17(14(2)12-15)21(3)26(4,23)24/h6-12H,5,13H2,1-4H3,(H,20,22). The highest BCUT2D eigenvalue weighted by molar-refractivity contribution is 7.92. The summed E-state index contributed by atoms with van der Waals surface area (Å²) in [5.41, 5.74) is 2.63. The van der Waals surface area contributed by atoms with Crippen LogP contribution in [0.4, 0.5) is 5.69 Å². The van der Waals surface area contributed by atoms with Gasteiger partial charge in [-0.1, -0.05) is 18.2 Å².